The summed E-state index contributed by atoms with van der Waals surface area (Å²) >= 11 is 0. The van der Waals surface area contributed by atoms with Crippen LogP contribution in [0.15, 0.2) is 85.2 Å². The van der Waals surface area contributed by atoms with Gasteiger partial charge < -0.3 is 4.57 Å². The molecule has 0 spiro atoms. The first-order chi connectivity index (χ1) is 10.4. The minimum Gasteiger partial charge on any atom is -0.309 e. The molecule has 4 rings (SSSR count). The molecule has 2 aromatic heterocycles. The van der Waals surface area contributed by atoms with E-state index < -0.39 is 0 Å². The van der Waals surface area contributed by atoms with E-state index in [0.29, 0.717) is 0 Å². The number of nitrogens with zero attached hydrogens (tertiary/aromatic N) is 2. The van der Waals surface area contributed by atoms with Gasteiger partial charge in [0.15, 0.2) is 0 Å². The van der Waals surface area contributed by atoms with E-state index >= 15 is 0 Å². The Balaban J connectivity index is 2.07. The van der Waals surface area contributed by atoms with E-state index in [1.54, 1.807) is 0 Å². The molecule has 0 unspecified atom stereocenters. The monoisotopic (exact) mass is 270 g/mol. The van der Waals surface area contributed by atoms with E-state index in [4.69, 9.17) is 0 Å². The van der Waals surface area contributed by atoms with Crippen molar-refractivity contribution in [2.24, 2.45) is 0 Å². The first-order valence-corrected chi connectivity index (χ1v) is 7.00. The summed E-state index contributed by atoms with van der Waals surface area (Å²) in [5, 5.41) is 1.15. The second-order valence-corrected chi connectivity index (χ2v) is 5.00. The number of aromatic nitrogens is 2. The fourth-order valence-corrected chi connectivity index (χ4v) is 2.73. The van der Waals surface area contributed by atoms with Gasteiger partial charge in [0.1, 0.15) is 0 Å². The minimum absolute atomic E-state index is 1.15. The fraction of sp³-hybridized carbons (Fsp3) is 0. The summed E-state index contributed by atoms with van der Waals surface area (Å²) in [5.41, 5.74) is 4.73. The van der Waals surface area contributed by atoms with Crippen molar-refractivity contribution < 1.29 is 0 Å². The van der Waals surface area contributed by atoms with E-state index in [2.05, 4.69) is 70.2 Å². The molecule has 0 saturated heterocycles. The van der Waals surface area contributed by atoms with Crippen LogP contribution in [0.2, 0.25) is 0 Å². The Morgan fingerprint density at radius 1 is 0.762 bits per heavy atom. The first kappa shape index (κ1) is 11.9. The number of hydrogen-bond donors (Lipinski definition) is 0. The van der Waals surface area contributed by atoms with E-state index in [-0.39, 0.29) is 0 Å². The quantitative estimate of drug-likeness (QED) is 0.516. The number of benzene rings is 2. The Bertz CT molecular complexity index is 877. The third-order valence-corrected chi connectivity index (χ3v) is 3.69. The molecule has 0 aliphatic rings. The Kier molecular flexibility index (Phi) is 2.79. The van der Waals surface area contributed by atoms with Crippen LogP contribution in [0.25, 0.3) is 27.8 Å². The van der Waals surface area contributed by atoms with Crippen molar-refractivity contribution in [3.05, 3.63) is 85.2 Å². The predicted molar refractivity (Wildman–Crippen MR) is 86.5 cm³/mol. The van der Waals surface area contributed by atoms with E-state index in [9.17, 15) is 0 Å². The lowest BCUT2D eigenvalue weighted by atomic mass is 10.1. The molecular formula is C19H14N2. The van der Waals surface area contributed by atoms with Crippen molar-refractivity contribution in [2.75, 3.05) is 0 Å². The second-order valence-electron chi connectivity index (χ2n) is 5.00. The van der Waals surface area contributed by atoms with Crippen LogP contribution < -0.4 is 0 Å². The highest BCUT2D eigenvalue weighted by molar-refractivity contribution is 5.88. The van der Waals surface area contributed by atoms with Crippen LogP contribution in [0, 0.1) is 0 Å². The van der Waals surface area contributed by atoms with Crippen LogP contribution in [0.4, 0.5) is 0 Å². The van der Waals surface area contributed by atoms with Gasteiger partial charge in [-0.2, -0.15) is 0 Å². The molecule has 0 aliphatic carbocycles. The molecule has 21 heavy (non-hydrogen) atoms. The average Bonchev–Trinajstić information content (AvgIpc) is 2.96. The van der Waals surface area contributed by atoms with Gasteiger partial charge in [-0.05, 0) is 29.8 Å². The molecule has 0 atom stereocenters. The van der Waals surface area contributed by atoms with Gasteiger partial charge in [-0.3, -0.25) is 4.98 Å². The molecule has 100 valence electrons. The van der Waals surface area contributed by atoms with Gasteiger partial charge in [-0.25, -0.2) is 0 Å². The molecule has 0 aliphatic heterocycles. The summed E-state index contributed by atoms with van der Waals surface area (Å²) in [6.07, 6.45) is 3.76. The molecule has 2 aromatic carbocycles. The van der Waals surface area contributed by atoms with Gasteiger partial charge in [-0.1, -0.05) is 48.5 Å². The standard InChI is InChI=1S/C19H14N2/c1-3-7-15(8-4-1)19-13-16-14-20-12-11-18(16)21(19)17-9-5-2-6-10-17/h1-14H. The Morgan fingerprint density at radius 3 is 2.24 bits per heavy atom. The number of para-hydroxylation sites is 1. The topological polar surface area (TPSA) is 17.8 Å². The van der Waals surface area contributed by atoms with Crippen LogP contribution in [0.5, 0.6) is 0 Å². The van der Waals surface area contributed by atoms with E-state index in [1.807, 2.05) is 24.5 Å². The Hall–Kier alpha value is -2.87. The first-order valence-electron chi connectivity index (χ1n) is 7.00. The summed E-state index contributed by atoms with van der Waals surface area (Å²) in [4.78, 5) is 4.24. The SMILES string of the molecule is c1ccc(-c2cc3cnccc3n2-c2ccccc2)cc1. The predicted octanol–water partition coefficient (Wildman–Crippen LogP) is 4.69. The number of fused-ring (bicyclic) bond motifs is 1. The van der Waals surface area contributed by atoms with Crippen LogP contribution in [0.3, 0.4) is 0 Å². The van der Waals surface area contributed by atoms with Crippen molar-refractivity contribution in [2.45, 2.75) is 0 Å². The molecule has 0 amide bonds. The van der Waals surface area contributed by atoms with Gasteiger partial charge in [-0.15, -0.1) is 0 Å². The van der Waals surface area contributed by atoms with E-state index in [1.165, 1.54) is 16.8 Å². The molecule has 2 heterocycles. The van der Waals surface area contributed by atoms with Crippen molar-refractivity contribution in [3.8, 4) is 16.9 Å². The maximum atomic E-state index is 4.24. The molecular weight excluding hydrogens is 256 g/mol. The zero-order chi connectivity index (χ0) is 14.1. The minimum atomic E-state index is 1.15. The van der Waals surface area contributed by atoms with Crippen LogP contribution in [0.1, 0.15) is 0 Å². The van der Waals surface area contributed by atoms with Gasteiger partial charge in [0.25, 0.3) is 0 Å². The molecule has 2 nitrogen and oxygen atoms in total. The largest absolute Gasteiger partial charge is 0.309 e. The molecule has 0 bridgehead atoms. The Labute approximate surface area is 123 Å². The number of rotatable bonds is 2. The number of pyridine rings is 1. The van der Waals surface area contributed by atoms with Gasteiger partial charge >= 0.3 is 0 Å². The van der Waals surface area contributed by atoms with Crippen LogP contribution >= 0.6 is 0 Å². The highest BCUT2D eigenvalue weighted by atomic mass is 15.0. The molecule has 4 aromatic rings. The highest BCUT2D eigenvalue weighted by Crippen LogP contribution is 2.30. The third kappa shape index (κ3) is 2.01. The Morgan fingerprint density at radius 2 is 1.48 bits per heavy atom. The van der Waals surface area contributed by atoms with Crippen molar-refractivity contribution in [3.63, 3.8) is 0 Å². The van der Waals surface area contributed by atoms with Gasteiger partial charge in [0.2, 0.25) is 0 Å². The lowest BCUT2D eigenvalue weighted by Gasteiger charge is -2.11. The lowest BCUT2D eigenvalue weighted by Crippen LogP contribution is -1.96. The summed E-state index contributed by atoms with van der Waals surface area (Å²) in [5.74, 6) is 0. The third-order valence-electron chi connectivity index (χ3n) is 3.69. The van der Waals surface area contributed by atoms with Gasteiger partial charge in [0.05, 0.1) is 11.2 Å². The zero-order valence-electron chi connectivity index (χ0n) is 11.5. The van der Waals surface area contributed by atoms with Gasteiger partial charge in [0, 0.05) is 23.5 Å². The summed E-state index contributed by atoms with van der Waals surface area (Å²) in [6.45, 7) is 0. The smallest absolute Gasteiger partial charge is 0.0565 e. The summed E-state index contributed by atoms with van der Waals surface area (Å²) < 4.78 is 2.28. The average molecular weight is 270 g/mol. The van der Waals surface area contributed by atoms with Crippen molar-refractivity contribution in [1.29, 1.82) is 0 Å². The number of hydrogen-bond acceptors (Lipinski definition) is 1. The van der Waals surface area contributed by atoms with Crippen LogP contribution in [-0.2, 0) is 0 Å². The second kappa shape index (κ2) is 4.91. The van der Waals surface area contributed by atoms with Crippen molar-refractivity contribution in [1.82, 2.24) is 9.55 Å². The highest BCUT2D eigenvalue weighted by Gasteiger charge is 2.11. The molecule has 2 heteroatoms. The van der Waals surface area contributed by atoms with Crippen LogP contribution in [-0.4, -0.2) is 9.55 Å². The molecule has 0 saturated carbocycles. The maximum absolute atomic E-state index is 4.24. The lowest BCUT2D eigenvalue weighted by molar-refractivity contribution is 1.13. The van der Waals surface area contributed by atoms with Crippen molar-refractivity contribution >= 4 is 10.9 Å². The maximum Gasteiger partial charge on any atom is 0.0565 e. The summed E-state index contributed by atoms with van der Waals surface area (Å²) in [6, 6.07) is 25.2. The molecule has 0 N–H and O–H groups in total. The fourth-order valence-electron chi connectivity index (χ4n) is 2.73. The molecule has 0 fully saturated rings. The summed E-state index contributed by atoms with van der Waals surface area (Å²) in [7, 11) is 0. The normalized spacial score (nSPS) is 10.9. The zero-order valence-corrected chi connectivity index (χ0v) is 11.5. The molecule has 0 radical (unpaired) electrons. The van der Waals surface area contributed by atoms with E-state index in [0.717, 1.165) is 11.1 Å².